The number of nitrogens with one attached hydrogen (secondary N) is 2. The SMILES string of the molecule is Cc1cc(C(=O)N2CCN[C@@H](C)C2)n[nH]1. The molecule has 0 bridgehead atoms. The second-order valence-corrected chi connectivity index (χ2v) is 4.04. The summed E-state index contributed by atoms with van der Waals surface area (Å²) in [5, 5.41) is 10.1. The van der Waals surface area contributed by atoms with Crippen molar-refractivity contribution in [3.8, 4) is 0 Å². The number of aromatic amines is 1. The Kier molecular flexibility index (Phi) is 2.73. The Morgan fingerprint density at radius 2 is 2.47 bits per heavy atom. The number of aryl methyl sites for hydroxylation is 1. The molecule has 0 unspecified atom stereocenters. The standard InChI is InChI=1S/C10H16N4O/c1-7-5-9(13-12-7)10(15)14-4-3-11-8(2)6-14/h5,8,11H,3-4,6H2,1-2H3,(H,12,13)/t8-/m0/s1. The molecule has 5 nitrogen and oxygen atoms in total. The first-order chi connectivity index (χ1) is 7.16. The number of carbonyl (C=O) groups is 1. The van der Waals surface area contributed by atoms with Crippen molar-refractivity contribution in [3.63, 3.8) is 0 Å². The quantitative estimate of drug-likeness (QED) is 0.690. The number of rotatable bonds is 1. The molecule has 2 heterocycles. The molecular weight excluding hydrogens is 192 g/mol. The van der Waals surface area contributed by atoms with Crippen LogP contribution >= 0.6 is 0 Å². The second kappa shape index (κ2) is 4.02. The molecule has 0 saturated carbocycles. The molecule has 5 heteroatoms. The van der Waals surface area contributed by atoms with Crippen molar-refractivity contribution >= 4 is 5.91 Å². The highest BCUT2D eigenvalue weighted by Gasteiger charge is 2.22. The summed E-state index contributed by atoms with van der Waals surface area (Å²) in [4.78, 5) is 13.8. The van der Waals surface area contributed by atoms with Crippen molar-refractivity contribution in [3.05, 3.63) is 17.5 Å². The van der Waals surface area contributed by atoms with Crippen LogP contribution in [0.3, 0.4) is 0 Å². The zero-order valence-electron chi connectivity index (χ0n) is 9.08. The van der Waals surface area contributed by atoms with Crippen molar-refractivity contribution in [1.29, 1.82) is 0 Å². The van der Waals surface area contributed by atoms with Crippen LogP contribution in [-0.2, 0) is 0 Å². The number of carbonyl (C=O) groups excluding carboxylic acids is 1. The van der Waals surface area contributed by atoms with Crippen molar-refractivity contribution in [2.45, 2.75) is 19.9 Å². The van der Waals surface area contributed by atoms with E-state index in [2.05, 4.69) is 22.4 Å². The zero-order chi connectivity index (χ0) is 10.8. The van der Waals surface area contributed by atoms with Crippen LogP contribution in [0.4, 0.5) is 0 Å². The van der Waals surface area contributed by atoms with Gasteiger partial charge in [-0.2, -0.15) is 5.10 Å². The van der Waals surface area contributed by atoms with Crippen LogP contribution < -0.4 is 5.32 Å². The van der Waals surface area contributed by atoms with Crippen molar-refractivity contribution < 1.29 is 4.79 Å². The van der Waals surface area contributed by atoms with Crippen LogP contribution in [0.15, 0.2) is 6.07 Å². The Balaban J connectivity index is 2.07. The number of nitrogens with zero attached hydrogens (tertiary/aromatic N) is 2. The van der Waals surface area contributed by atoms with Crippen LogP contribution in [-0.4, -0.2) is 46.7 Å². The summed E-state index contributed by atoms with van der Waals surface area (Å²) in [7, 11) is 0. The molecule has 1 saturated heterocycles. The van der Waals surface area contributed by atoms with Gasteiger partial charge in [0.15, 0.2) is 0 Å². The van der Waals surface area contributed by atoms with Crippen LogP contribution in [0.2, 0.25) is 0 Å². The van der Waals surface area contributed by atoms with E-state index in [0.29, 0.717) is 11.7 Å². The van der Waals surface area contributed by atoms with E-state index in [0.717, 1.165) is 25.3 Å². The second-order valence-electron chi connectivity index (χ2n) is 4.04. The van der Waals surface area contributed by atoms with E-state index >= 15 is 0 Å². The highest BCUT2D eigenvalue weighted by Crippen LogP contribution is 2.06. The highest BCUT2D eigenvalue weighted by atomic mass is 16.2. The van der Waals surface area contributed by atoms with Gasteiger partial charge in [0.2, 0.25) is 0 Å². The lowest BCUT2D eigenvalue weighted by Gasteiger charge is -2.31. The monoisotopic (exact) mass is 208 g/mol. The van der Waals surface area contributed by atoms with Gasteiger partial charge in [0.1, 0.15) is 5.69 Å². The molecule has 1 aromatic heterocycles. The molecule has 1 amide bonds. The van der Waals surface area contributed by atoms with Gasteiger partial charge in [0, 0.05) is 31.4 Å². The van der Waals surface area contributed by atoms with E-state index in [1.165, 1.54) is 0 Å². The first-order valence-corrected chi connectivity index (χ1v) is 5.21. The molecule has 0 aliphatic carbocycles. The summed E-state index contributed by atoms with van der Waals surface area (Å²) in [5.41, 5.74) is 1.43. The van der Waals surface area contributed by atoms with Gasteiger partial charge in [-0.25, -0.2) is 0 Å². The molecule has 82 valence electrons. The fourth-order valence-corrected chi connectivity index (χ4v) is 1.81. The summed E-state index contributed by atoms with van der Waals surface area (Å²) in [6.07, 6.45) is 0. The zero-order valence-corrected chi connectivity index (χ0v) is 9.08. The van der Waals surface area contributed by atoms with Gasteiger partial charge in [-0.3, -0.25) is 9.89 Å². The van der Waals surface area contributed by atoms with Crippen molar-refractivity contribution in [2.24, 2.45) is 0 Å². The number of piperazine rings is 1. The molecule has 1 aromatic rings. The molecule has 0 aromatic carbocycles. The average molecular weight is 208 g/mol. The Labute approximate surface area is 88.8 Å². The molecule has 1 fully saturated rings. The predicted molar refractivity (Wildman–Crippen MR) is 56.7 cm³/mol. The topological polar surface area (TPSA) is 61.0 Å². The third-order valence-electron chi connectivity index (χ3n) is 2.58. The molecule has 0 radical (unpaired) electrons. The lowest BCUT2D eigenvalue weighted by atomic mass is 10.2. The third-order valence-corrected chi connectivity index (χ3v) is 2.58. The van der Waals surface area contributed by atoms with E-state index in [4.69, 9.17) is 0 Å². The minimum Gasteiger partial charge on any atom is -0.334 e. The predicted octanol–water partition coefficient (Wildman–Crippen LogP) is 0.152. The maximum Gasteiger partial charge on any atom is 0.274 e. The van der Waals surface area contributed by atoms with Crippen LogP contribution in [0, 0.1) is 6.92 Å². The van der Waals surface area contributed by atoms with Gasteiger partial charge in [-0.1, -0.05) is 0 Å². The van der Waals surface area contributed by atoms with E-state index < -0.39 is 0 Å². The van der Waals surface area contributed by atoms with E-state index in [1.807, 2.05) is 11.8 Å². The minimum atomic E-state index is 0.0210. The fourth-order valence-electron chi connectivity index (χ4n) is 1.81. The van der Waals surface area contributed by atoms with Gasteiger partial charge < -0.3 is 10.2 Å². The molecule has 1 aliphatic heterocycles. The van der Waals surface area contributed by atoms with Crippen molar-refractivity contribution in [1.82, 2.24) is 20.4 Å². The summed E-state index contributed by atoms with van der Waals surface area (Å²) >= 11 is 0. The molecule has 0 spiro atoms. The van der Waals surface area contributed by atoms with E-state index in [9.17, 15) is 4.79 Å². The number of hydrogen-bond acceptors (Lipinski definition) is 3. The minimum absolute atomic E-state index is 0.0210. The Morgan fingerprint density at radius 3 is 3.07 bits per heavy atom. The van der Waals surface area contributed by atoms with E-state index in [1.54, 1.807) is 6.07 Å². The lowest BCUT2D eigenvalue weighted by molar-refractivity contribution is 0.0703. The smallest absolute Gasteiger partial charge is 0.274 e. The Hall–Kier alpha value is -1.36. The number of aromatic nitrogens is 2. The molecule has 2 N–H and O–H groups in total. The maximum atomic E-state index is 12.0. The van der Waals surface area contributed by atoms with Gasteiger partial charge in [0.05, 0.1) is 0 Å². The Bertz CT molecular complexity index is 360. The summed E-state index contributed by atoms with van der Waals surface area (Å²) in [6.45, 7) is 6.34. The molecule has 1 aliphatic rings. The third kappa shape index (κ3) is 2.18. The molecule has 15 heavy (non-hydrogen) atoms. The van der Waals surface area contributed by atoms with Gasteiger partial charge in [0.25, 0.3) is 5.91 Å². The normalized spacial score (nSPS) is 21.7. The first-order valence-electron chi connectivity index (χ1n) is 5.21. The first kappa shape index (κ1) is 10.2. The molecule has 1 atom stereocenters. The largest absolute Gasteiger partial charge is 0.334 e. The highest BCUT2D eigenvalue weighted by molar-refractivity contribution is 5.92. The van der Waals surface area contributed by atoms with Gasteiger partial charge >= 0.3 is 0 Å². The summed E-state index contributed by atoms with van der Waals surface area (Å²) < 4.78 is 0. The van der Waals surface area contributed by atoms with Gasteiger partial charge in [-0.05, 0) is 19.9 Å². The maximum absolute atomic E-state index is 12.0. The molecule has 2 rings (SSSR count). The number of hydrogen-bond donors (Lipinski definition) is 2. The lowest BCUT2D eigenvalue weighted by Crippen LogP contribution is -2.51. The summed E-state index contributed by atoms with van der Waals surface area (Å²) in [6, 6.07) is 2.15. The summed E-state index contributed by atoms with van der Waals surface area (Å²) in [5.74, 6) is 0.0210. The number of H-pyrrole nitrogens is 1. The van der Waals surface area contributed by atoms with Gasteiger partial charge in [-0.15, -0.1) is 0 Å². The van der Waals surface area contributed by atoms with Crippen LogP contribution in [0.5, 0.6) is 0 Å². The van der Waals surface area contributed by atoms with Crippen molar-refractivity contribution in [2.75, 3.05) is 19.6 Å². The Morgan fingerprint density at radius 1 is 1.67 bits per heavy atom. The van der Waals surface area contributed by atoms with E-state index in [-0.39, 0.29) is 5.91 Å². The van der Waals surface area contributed by atoms with Crippen LogP contribution in [0.25, 0.3) is 0 Å². The average Bonchev–Trinajstić information content (AvgIpc) is 2.64. The fraction of sp³-hybridized carbons (Fsp3) is 0.600. The van der Waals surface area contributed by atoms with Crippen LogP contribution in [0.1, 0.15) is 23.1 Å². The number of amides is 1. The molecular formula is C10H16N4O.